The summed E-state index contributed by atoms with van der Waals surface area (Å²) in [5.41, 5.74) is 5.86. The molecule has 1 aromatic heterocycles. The number of thiazole rings is 1. The lowest BCUT2D eigenvalue weighted by molar-refractivity contribution is -0.0269. The molecule has 7 heteroatoms. The molecule has 0 aliphatic heterocycles. The lowest BCUT2D eigenvalue weighted by Gasteiger charge is -2.05. The third-order valence-corrected chi connectivity index (χ3v) is 3.74. The molecule has 5 nitrogen and oxygen atoms in total. The topological polar surface area (TPSA) is 79.5 Å². The SMILES string of the molecule is NC(=O)N(O)CC#CCc1ncc(Cc2ccc(F)cc2)s1. The van der Waals surface area contributed by atoms with Gasteiger partial charge in [-0.3, -0.25) is 5.21 Å². The number of halogens is 1. The van der Waals surface area contributed by atoms with E-state index in [0.717, 1.165) is 15.4 Å². The number of carbonyl (C=O) groups is 1. The van der Waals surface area contributed by atoms with Crippen molar-refractivity contribution in [3.63, 3.8) is 0 Å². The van der Waals surface area contributed by atoms with Crippen LogP contribution in [0, 0.1) is 17.7 Å². The van der Waals surface area contributed by atoms with Crippen molar-refractivity contribution in [2.24, 2.45) is 5.73 Å². The van der Waals surface area contributed by atoms with Crippen LogP contribution in [0.2, 0.25) is 0 Å². The van der Waals surface area contributed by atoms with Gasteiger partial charge in [0.15, 0.2) is 0 Å². The molecule has 0 bridgehead atoms. The van der Waals surface area contributed by atoms with Crippen molar-refractivity contribution in [1.29, 1.82) is 0 Å². The highest BCUT2D eigenvalue weighted by Gasteiger charge is 2.03. The Balaban J connectivity index is 1.88. The average Bonchev–Trinajstić information content (AvgIpc) is 2.93. The molecule has 0 saturated carbocycles. The fourth-order valence-corrected chi connectivity index (χ4v) is 2.56. The van der Waals surface area contributed by atoms with E-state index in [4.69, 9.17) is 10.9 Å². The number of amides is 2. The van der Waals surface area contributed by atoms with E-state index in [-0.39, 0.29) is 12.4 Å². The summed E-state index contributed by atoms with van der Waals surface area (Å²) >= 11 is 1.52. The number of urea groups is 1. The van der Waals surface area contributed by atoms with Gasteiger partial charge in [0.2, 0.25) is 0 Å². The van der Waals surface area contributed by atoms with Gasteiger partial charge in [-0.05, 0) is 17.7 Å². The molecule has 0 radical (unpaired) electrons. The zero-order valence-electron chi connectivity index (χ0n) is 11.6. The summed E-state index contributed by atoms with van der Waals surface area (Å²) < 4.78 is 12.8. The van der Waals surface area contributed by atoms with E-state index in [1.165, 1.54) is 23.5 Å². The minimum absolute atomic E-state index is 0.136. The highest BCUT2D eigenvalue weighted by Crippen LogP contribution is 2.17. The van der Waals surface area contributed by atoms with Gasteiger partial charge in [-0.2, -0.15) is 5.06 Å². The first-order valence-corrected chi connectivity index (χ1v) is 7.26. The molecular weight excluding hydrogens is 305 g/mol. The fourth-order valence-electron chi connectivity index (χ4n) is 1.66. The van der Waals surface area contributed by atoms with Gasteiger partial charge >= 0.3 is 6.03 Å². The Labute approximate surface area is 131 Å². The van der Waals surface area contributed by atoms with E-state index in [9.17, 15) is 9.18 Å². The second-order valence-electron chi connectivity index (χ2n) is 4.45. The van der Waals surface area contributed by atoms with Crippen LogP contribution in [0.1, 0.15) is 15.4 Å². The molecule has 2 amide bonds. The highest BCUT2D eigenvalue weighted by molar-refractivity contribution is 7.11. The summed E-state index contributed by atoms with van der Waals surface area (Å²) in [6.45, 7) is -0.136. The third-order valence-electron chi connectivity index (χ3n) is 2.74. The van der Waals surface area contributed by atoms with Crippen molar-refractivity contribution in [3.8, 4) is 11.8 Å². The van der Waals surface area contributed by atoms with Crippen LogP contribution in [-0.4, -0.2) is 27.8 Å². The first kappa shape index (κ1) is 15.9. The second kappa shape index (κ2) is 7.54. The van der Waals surface area contributed by atoms with Crippen LogP contribution < -0.4 is 5.73 Å². The minimum Gasteiger partial charge on any atom is -0.350 e. The normalized spacial score (nSPS) is 9.91. The number of hydrogen-bond acceptors (Lipinski definition) is 4. The Kier molecular flexibility index (Phi) is 5.47. The van der Waals surface area contributed by atoms with Crippen molar-refractivity contribution in [2.75, 3.05) is 6.54 Å². The maximum atomic E-state index is 12.8. The Morgan fingerprint density at radius 2 is 2.09 bits per heavy atom. The van der Waals surface area contributed by atoms with Crippen molar-refractivity contribution >= 4 is 17.4 Å². The Bertz CT molecular complexity index is 704. The minimum atomic E-state index is -0.940. The first-order valence-electron chi connectivity index (χ1n) is 6.44. The van der Waals surface area contributed by atoms with Crippen molar-refractivity contribution in [2.45, 2.75) is 12.8 Å². The zero-order chi connectivity index (χ0) is 15.9. The summed E-state index contributed by atoms with van der Waals surface area (Å²) in [6.07, 6.45) is 2.89. The van der Waals surface area contributed by atoms with Crippen LogP contribution in [0.15, 0.2) is 30.5 Å². The Morgan fingerprint density at radius 3 is 2.77 bits per heavy atom. The third kappa shape index (κ3) is 4.84. The molecule has 2 rings (SSSR count). The molecule has 1 heterocycles. The van der Waals surface area contributed by atoms with E-state index >= 15 is 0 Å². The molecule has 0 spiro atoms. The van der Waals surface area contributed by atoms with E-state index in [1.807, 2.05) is 0 Å². The van der Waals surface area contributed by atoms with Crippen LogP contribution >= 0.6 is 11.3 Å². The van der Waals surface area contributed by atoms with Gasteiger partial charge in [-0.1, -0.05) is 24.0 Å². The van der Waals surface area contributed by atoms with Crippen molar-refractivity contribution < 1.29 is 14.4 Å². The van der Waals surface area contributed by atoms with Crippen LogP contribution in [0.5, 0.6) is 0 Å². The summed E-state index contributed by atoms with van der Waals surface area (Å²) in [5, 5.41) is 10.2. The van der Waals surface area contributed by atoms with Crippen LogP contribution in [0.4, 0.5) is 9.18 Å². The van der Waals surface area contributed by atoms with E-state index in [2.05, 4.69) is 16.8 Å². The van der Waals surface area contributed by atoms with E-state index in [1.54, 1.807) is 18.3 Å². The molecule has 0 aliphatic rings. The number of rotatable bonds is 4. The van der Waals surface area contributed by atoms with Gasteiger partial charge < -0.3 is 5.73 Å². The number of nitrogens with two attached hydrogens (primary N) is 1. The number of hydroxylamine groups is 2. The van der Waals surface area contributed by atoms with Gasteiger partial charge in [0.05, 0.1) is 6.42 Å². The monoisotopic (exact) mass is 319 g/mol. The summed E-state index contributed by atoms with van der Waals surface area (Å²) in [4.78, 5) is 15.9. The van der Waals surface area contributed by atoms with Crippen LogP contribution in [0.3, 0.4) is 0 Å². The predicted molar refractivity (Wildman–Crippen MR) is 80.9 cm³/mol. The number of benzene rings is 1. The molecular formula is C15H14FN3O2S. The molecule has 3 N–H and O–H groups in total. The molecule has 1 aromatic carbocycles. The van der Waals surface area contributed by atoms with E-state index < -0.39 is 6.03 Å². The van der Waals surface area contributed by atoms with E-state index in [0.29, 0.717) is 17.9 Å². The molecule has 0 saturated heterocycles. The summed E-state index contributed by atoms with van der Waals surface area (Å²) in [5.74, 6) is 5.19. The first-order chi connectivity index (χ1) is 10.5. The van der Waals surface area contributed by atoms with Crippen molar-refractivity contribution in [1.82, 2.24) is 10.0 Å². The van der Waals surface area contributed by atoms with Crippen LogP contribution in [0.25, 0.3) is 0 Å². The number of aromatic nitrogens is 1. The number of carbonyl (C=O) groups excluding carboxylic acids is 1. The Hall–Kier alpha value is -2.43. The van der Waals surface area contributed by atoms with Gasteiger partial charge in [0.1, 0.15) is 17.4 Å². The molecule has 0 atom stereocenters. The summed E-state index contributed by atoms with van der Waals surface area (Å²) in [6, 6.07) is 5.41. The largest absolute Gasteiger partial charge is 0.350 e. The van der Waals surface area contributed by atoms with Crippen LogP contribution in [-0.2, 0) is 12.8 Å². The number of hydrogen-bond donors (Lipinski definition) is 2. The molecule has 2 aromatic rings. The molecule has 0 fully saturated rings. The average molecular weight is 319 g/mol. The quantitative estimate of drug-likeness (QED) is 0.515. The van der Waals surface area contributed by atoms with Crippen molar-refractivity contribution in [3.05, 3.63) is 51.7 Å². The number of nitrogens with zero attached hydrogens (tertiary/aromatic N) is 2. The van der Waals surface area contributed by atoms with Gasteiger partial charge in [-0.25, -0.2) is 14.2 Å². The molecule has 22 heavy (non-hydrogen) atoms. The molecule has 0 unspecified atom stereocenters. The second-order valence-corrected chi connectivity index (χ2v) is 5.65. The predicted octanol–water partition coefficient (Wildman–Crippen LogP) is 2.19. The maximum Gasteiger partial charge on any atom is 0.339 e. The fraction of sp³-hybridized carbons (Fsp3) is 0.200. The molecule has 0 aliphatic carbocycles. The molecule has 114 valence electrons. The van der Waals surface area contributed by atoms with Gasteiger partial charge in [-0.15, -0.1) is 11.3 Å². The summed E-state index contributed by atoms with van der Waals surface area (Å²) in [7, 11) is 0. The smallest absolute Gasteiger partial charge is 0.339 e. The standard InChI is InChI=1S/C15H14FN3O2S/c16-12-6-4-11(5-7-12)9-13-10-18-14(22-13)3-1-2-8-19(21)15(17)20/h4-7,10,21H,3,8-9H2,(H2,17,20). The number of primary amides is 1. The zero-order valence-corrected chi connectivity index (χ0v) is 12.4. The lowest BCUT2D eigenvalue weighted by Crippen LogP contribution is -2.32. The maximum absolute atomic E-state index is 12.8. The highest BCUT2D eigenvalue weighted by atomic mass is 32.1. The Morgan fingerprint density at radius 1 is 1.36 bits per heavy atom. The van der Waals surface area contributed by atoms with Gasteiger partial charge in [0.25, 0.3) is 0 Å². The van der Waals surface area contributed by atoms with Gasteiger partial charge in [0, 0.05) is 17.5 Å². The lowest BCUT2D eigenvalue weighted by atomic mass is 10.1.